The second-order valence-electron chi connectivity index (χ2n) is 6.05. The van der Waals surface area contributed by atoms with Gasteiger partial charge >= 0.3 is 0 Å². The molecule has 2 heterocycles. The minimum Gasteiger partial charge on any atom is -0.482 e. The SMILES string of the molecule is N#Cc1ccccc1OCC(=O)N(Cc1ccco1)C1CCS(=O)(=O)C1. The number of carbonyl (C=O) groups excluding carboxylic acids is 1. The summed E-state index contributed by atoms with van der Waals surface area (Å²) >= 11 is 0. The summed E-state index contributed by atoms with van der Waals surface area (Å²) in [6.07, 6.45) is 1.90. The summed E-state index contributed by atoms with van der Waals surface area (Å²) in [4.78, 5) is 14.2. The third kappa shape index (κ3) is 4.24. The fraction of sp³-hybridized carbons (Fsp3) is 0.333. The lowest BCUT2D eigenvalue weighted by Crippen LogP contribution is -2.43. The molecule has 1 saturated heterocycles. The molecule has 26 heavy (non-hydrogen) atoms. The molecule has 1 amide bonds. The molecule has 0 aliphatic carbocycles. The average Bonchev–Trinajstić information content (AvgIpc) is 3.26. The predicted octanol–water partition coefficient (Wildman–Crippen LogP) is 1.75. The van der Waals surface area contributed by atoms with Gasteiger partial charge in [0.1, 0.15) is 17.6 Å². The Morgan fingerprint density at radius 1 is 1.31 bits per heavy atom. The first-order valence-electron chi connectivity index (χ1n) is 8.13. The third-order valence-corrected chi connectivity index (χ3v) is 5.98. The smallest absolute Gasteiger partial charge is 0.261 e. The Bertz CT molecular complexity index is 915. The van der Waals surface area contributed by atoms with Crippen LogP contribution in [0.4, 0.5) is 0 Å². The van der Waals surface area contributed by atoms with Crippen LogP contribution in [-0.4, -0.2) is 43.4 Å². The van der Waals surface area contributed by atoms with Crippen LogP contribution in [0.25, 0.3) is 0 Å². The number of nitrogens with zero attached hydrogens (tertiary/aromatic N) is 2. The summed E-state index contributed by atoms with van der Waals surface area (Å²) in [5.41, 5.74) is 0.335. The molecule has 1 aromatic heterocycles. The highest BCUT2D eigenvalue weighted by Gasteiger charge is 2.35. The fourth-order valence-electron chi connectivity index (χ4n) is 2.92. The molecule has 0 bridgehead atoms. The number of hydrogen-bond donors (Lipinski definition) is 0. The Morgan fingerprint density at radius 2 is 2.12 bits per heavy atom. The van der Waals surface area contributed by atoms with E-state index >= 15 is 0 Å². The van der Waals surface area contributed by atoms with Gasteiger partial charge < -0.3 is 14.1 Å². The molecule has 1 aromatic carbocycles. The second-order valence-corrected chi connectivity index (χ2v) is 8.28. The number of nitriles is 1. The van der Waals surface area contributed by atoms with E-state index in [0.717, 1.165) is 0 Å². The number of amides is 1. The lowest BCUT2D eigenvalue weighted by Gasteiger charge is -2.27. The zero-order valence-electron chi connectivity index (χ0n) is 14.0. The van der Waals surface area contributed by atoms with Crippen molar-refractivity contribution in [1.29, 1.82) is 5.26 Å². The molecule has 1 atom stereocenters. The Labute approximate surface area is 151 Å². The number of benzene rings is 1. The molecule has 136 valence electrons. The van der Waals surface area contributed by atoms with E-state index in [0.29, 0.717) is 23.5 Å². The molecular formula is C18H18N2O5S. The van der Waals surface area contributed by atoms with Crippen LogP contribution in [0, 0.1) is 11.3 Å². The summed E-state index contributed by atoms with van der Waals surface area (Å²) in [6, 6.07) is 11.7. The topological polar surface area (TPSA) is 101 Å². The van der Waals surface area contributed by atoms with Gasteiger partial charge in [0.25, 0.3) is 5.91 Å². The lowest BCUT2D eigenvalue weighted by molar-refractivity contribution is -0.136. The molecular weight excluding hydrogens is 356 g/mol. The van der Waals surface area contributed by atoms with Crippen LogP contribution < -0.4 is 4.74 Å². The fourth-order valence-corrected chi connectivity index (χ4v) is 4.65. The molecule has 1 unspecified atom stereocenters. The number of rotatable bonds is 6. The number of hydrogen-bond acceptors (Lipinski definition) is 6. The quantitative estimate of drug-likeness (QED) is 0.763. The number of ether oxygens (including phenoxy) is 1. The first kappa shape index (κ1) is 18.0. The summed E-state index contributed by atoms with van der Waals surface area (Å²) < 4.78 is 34.4. The number of furan rings is 1. The lowest BCUT2D eigenvalue weighted by atomic mass is 10.2. The predicted molar refractivity (Wildman–Crippen MR) is 93.0 cm³/mol. The van der Waals surface area contributed by atoms with Crippen molar-refractivity contribution >= 4 is 15.7 Å². The van der Waals surface area contributed by atoms with Crippen molar-refractivity contribution < 1.29 is 22.4 Å². The van der Waals surface area contributed by atoms with E-state index in [2.05, 4.69) is 0 Å². The van der Waals surface area contributed by atoms with Crippen molar-refractivity contribution in [3.63, 3.8) is 0 Å². The van der Waals surface area contributed by atoms with E-state index in [4.69, 9.17) is 14.4 Å². The molecule has 1 fully saturated rings. The molecule has 0 saturated carbocycles. The third-order valence-electron chi connectivity index (χ3n) is 4.23. The van der Waals surface area contributed by atoms with Gasteiger partial charge in [-0.15, -0.1) is 0 Å². The Balaban J connectivity index is 1.73. The van der Waals surface area contributed by atoms with Crippen LogP contribution in [0.2, 0.25) is 0 Å². The van der Waals surface area contributed by atoms with Gasteiger partial charge in [-0.1, -0.05) is 12.1 Å². The average molecular weight is 374 g/mol. The van der Waals surface area contributed by atoms with Gasteiger partial charge in [0.05, 0.1) is 29.9 Å². The molecule has 3 rings (SSSR count). The maximum Gasteiger partial charge on any atom is 0.261 e. The molecule has 0 N–H and O–H groups in total. The monoisotopic (exact) mass is 374 g/mol. The molecule has 0 radical (unpaired) electrons. The highest BCUT2D eigenvalue weighted by atomic mass is 32.2. The van der Waals surface area contributed by atoms with E-state index < -0.39 is 15.9 Å². The zero-order valence-corrected chi connectivity index (χ0v) is 14.8. The maximum atomic E-state index is 12.7. The van der Waals surface area contributed by atoms with E-state index in [1.165, 1.54) is 11.2 Å². The van der Waals surface area contributed by atoms with Crippen LogP contribution >= 0.6 is 0 Å². The Morgan fingerprint density at radius 3 is 2.77 bits per heavy atom. The maximum absolute atomic E-state index is 12.7. The van der Waals surface area contributed by atoms with Gasteiger partial charge in [-0.25, -0.2) is 8.42 Å². The van der Waals surface area contributed by atoms with E-state index in [-0.39, 0.29) is 30.6 Å². The van der Waals surface area contributed by atoms with Crippen LogP contribution in [0.5, 0.6) is 5.75 Å². The second kappa shape index (κ2) is 7.62. The van der Waals surface area contributed by atoms with Crippen LogP contribution in [0.15, 0.2) is 47.1 Å². The molecule has 1 aliphatic heterocycles. The van der Waals surface area contributed by atoms with Gasteiger partial charge in [-0.05, 0) is 30.7 Å². The van der Waals surface area contributed by atoms with Gasteiger partial charge in [-0.2, -0.15) is 5.26 Å². The highest BCUT2D eigenvalue weighted by molar-refractivity contribution is 7.91. The molecule has 7 nitrogen and oxygen atoms in total. The van der Waals surface area contributed by atoms with Crippen LogP contribution in [-0.2, 0) is 21.2 Å². The standard InChI is InChI=1S/C18H18N2O5S/c19-10-14-4-1-2-6-17(14)25-12-18(21)20(11-16-5-3-8-24-16)15-7-9-26(22,23)13-15/h1-6,8,15H,7,9,11-13H2. The number of carbonyl (C=O) groups is 1. The van der Waals surface area contributed by atoms with Gasteiger partial charge in [-0.3, -0.25) is 4.79 Å². The molecule has 1 aliphatic rings. The van der Waals surface area contributed by atoms with Crippen molar-refractivity contribution in [2.45, 2.75) is 19.0 Å². The Hall–Kier alpha value is -2.79. The zero-order chi connectivity index (χ0) is 18.6. The summed E-state index contributed by atoms with van der Waals surface area (Å²) in [5.74, 6) is 0.544. The Kier molecular flexibility index (Phi) is 5.28. The van der Waals surface area contributed by atoms with Crippen LogP contribution in [0.1, 0.15) is 17.7 Å². The molecule has 8 heteroatoms. The van der Waals surface area contributed by atoms with Crippen molar-refractivity contribution in [3.05, 3.63) is 54.0 Å². The van der Waals surface area contributed by atoms with Crippen molar-refractivity contribution in [2.75, 3.05) is 18.1 Å². The minimum atomic E-state index is -3.14. The van der Waals surface area contributed by atoms with Gasteiger partial charge in [0.2, 0.25) is 0 Å². The normalized spacial score (nSPS) is 18.2. The highest BCUT2D eigenvalue weighted by Crippen LogP contribution is 2.22. The first-order chi connectivity index (χ1) is 12.5. The van der Waals surface area contributed by atoms with E-state index in [1.807, 2.05) is 6.07 Å². The molecule has 2 aromatic rings. The number of sulfone groups is 1. The summed E-state index contributed by atoms with van der Waals surface area (Å²) in [5, 5.41) is 9.09. The molecule has 0 spiro atoms. The van der Waals surface area contributed by atoms with Crippen molar-refractivity contribution in [3.8, 4) is 11.8 Å². The minimum absolute atomic E-state index is 0.0613. The van der Waals surface area contributed by atoms with Gasteiger partial charge in [0, 0.05) is 6.04 Å². The summed E-state index contributed by atoms with van der Waals surface area (Å²) in [7, 11) is -3.14. The van der Waals surface area contributed by atoms with E-state index in [1.54, 1.807) is 36.4 Å². The number of para-hydroxylation sites is 1. The first-order valence-corrected chi connectivity index (χ1v) is 9.95. The summed E-state index contributed by atoms with van der Waals surface area (Å²) in [6.45, 7) is -0.106. The van der Waals surface area contributed by atoms with Crippen molar-refractivity contribution in [1.82, 2.24) is 4.90 Å². The van der Waals surface area contributed by atoms with Gasteiger partial charge in [0.15, 0.2) is 16.4 Å². The van der Waals surface area contributed by atoms with E-state index in [9.17, 15) is 13.2 Å². The largest absolute Gasteiger partial charge is 0.482 e. The van der Waals surface area contributed by atoms with Crippen molar-refractivity contribution in [2.24, 2.45) is 0 Å². The van der Waals surface area contributed by atoms with Crippen LogP contribution in [0.3, 0.4) is 0 Å².